The maximum atomic E-state index is 5.88. The molecule has 3 rings (SSSR count). The fourth-order valence-corrected chi connectivity index (χ4v) is 2.40. The summed E-state index contributed by atoms with van der Waals surface area (Å²) in [6.45, 7) is 1.91. The Balaban J connectivity index is 2.14. The second-order valence-corrected chi connectivity index (χ2v) is 4.82. The van der Waals surface area contributed by atoms with E-state index in [1.54, 1.807) is 0 Å². The summed E-state index contributed by atoms with van der Waals surface area (Å²) >= 11 is 0. The molecule has 0 saturated heterocycles. The van der Waals surface area contributed by atoms with Gasteiger partial charge < -0.3 is 11.5 Å². The standard InChI is InChI=1S/C13H16N4/c1-8-12(15)17-13(16-8,9-5-6-9)10-3-2-4-11(14)7-10/h2-4,7,9H,5-6,14H2,1H3,(H2,15,17)/t13-/m1/s1. The smallest absolute Gasteiger partial charge is 0.181 e. The molecule has 0 radical (unpaired) electrons. The average Bonchev–Trinajstić information content (AvgIpc) is 3.08. The lowest BCUT2D eigenvalue weighted by molar-refractivity contribution is 0.417. The minimum Gasteiger partial charge on any atom is -0.399 e. The molecular weight excluding hydrogens is 212 g/mol. The van der Waals surface area contributed by atoms with Crippen LogP contribution in [0, 0.1) is 5.92 Å². The van der Waals surface area contributed by atoms with Crippen LogP contribution in [0.2, 0.25) is 0 Å². The van der Waals surface area contributed by atoms with Crippen LogP contribution >= 0.6 is 0 Å². The van der Waals surface area contributed by atoms with E-state index in [4.69, 9.17) is 16.5 Å². The number of nitrogens with zero attached hydrogens (tertiary/aromatic N) is 2. The average molecular weight is 228 g/mol. The van der Waals surface area contributed by atoms with Crippen LogP contribution in [-0.2, 0) is 5.66 Å². The monoisotopic (exact) mass is 228 g/mol. The van der Waals surface area contributed by atoms with E-state index in [1.807, 2.05) is 31.2 Å². The van der Waals surface area contributed by atoms with E-state index < -0.39 is 5.66 Å². The van der Waals surface area contributed by atoms with Gasteiger partial charge in [-0.05, 0) is 31.9 Å². The molecule has 2 aliphatic rings. The van der Waals surface area contributed by atoms with Gasteiger partial charge in [0.05, 0.1) is 5.71 Å². The summed E-state index contributed by atoms with van der Waals surface area (Å²) < 4.78 is 0. The molecule has 0 unspecified atom stereocenters. The van der Waals surface area contributed by atoms with Gasteiger partial charge in [0.1, 0.15) is 5.84 Å². The quantitative estimate of drug-likeness (QED) is 0.755. The Labute approximate surface area is 100 Å². The number of aliphatic imine (C=N–C) groups is 2. The number of amidine groups is 1. The van der Waals surface area contributed by atoms with Crippen molar-refractivity contribution in [1.29, 1.82) is 0 Å². The number of anilines is 1. The fraction of sp³-hybridized carbons (Fsp3) is 0.385. The van der Waals surface area contributed by atoms with Gasteiger partial charge in [0.2, 0.25) is 0 Å². The first-order valence-electron chi connectivity index (χ1n) is 5.90. The van der Waals surface area contributed by atoms with Crippen molar-refractivity contribution in [3.63, 3.8) is 0 Å². The number of rotatable bonds is 2. The summed E-state index contributed by atoms with van der Waals surface area (Å²) in [7, 11) is 0. The van der Waals surface area contributed by atoms with E-state index in [1.165, 1.54) is 0 Å². The van der Waals surface area contributed by atoms with Crippen molar-refractivity contribution in [2.24, 2.45) is 21.6 Å². The Bertz CT molecular complexity index is 508. The molecule has 1 aliphatic heterocycles. The Hall–Kier alpha value is -1.84. The molecular formula is C13H16N4. The molecule has 1 aromatic rings. The Morgan fingerprint density at radius 2 is 2.00 bits per heavy atom. The first-order chi connectivity index (χ1) is 8.12. The van der Waals surface area contributed by atoms with Crippen molar-refractivity contribution in [3.8, 4) is 0 Å². The van der Waals surface area contributed by atoms with Crippen LogP contribution in [-0.4, -0.2) is 11.5 Å². The molecule has 4 nitrogen and oxygen atoms in total. The van der Waals surface area contributed by atoms with Crippen LogP contribution in [0.3, 0.4) is 0 Å². The van der Waals surface area contributed by atoms with Gasteiger partial charge in [-0.15, -0.1) is 0 Å². The van der Waals surface area contributed by atoms with E-state index in [0.717, 1.165) is 29.8 Å². The molecule has 4 heteroatoms. The van der Waals surface area contributed by atoms with Crippen LogP contribution in [0.1, 0.15) is 25.3 Å². The summed E-state index contributed by atoms with van der Waals surface area (Å²) in [4.78, 5) is 9.32. The molecule has 0 spiro atoms. The predicted octanol–water partition coefficient (Wildman–Crippen LogP) is 1.66. The van der Waals surface area contributed by atoms with Crippen molar-refractivity contribution < 1.29 is 0 Å². The zero-order valence-corrected chi connectivity index (χ0v) is 9.85. The molecule has 0 bridgehead atoms. The van der Waals surface area contributed by atoms with Gasteiger partial charge in [-0.3, -0.25) is 4.99 Å². The topological polar surface area (TPSA) is 76.8 Å². The molecule has 1 heterocycles. The minimum atomic E-state index is -0.496. The number of nitrogen functional groups attached to an aromatic ring is 1. The highest BCUT2D eigenvalue weighted by Crippen LogP contribution is 2.51. The zero-order valence-electron chi connectivity index (χ0n) is 9.85. The van der Waals surface area contributed by atoms with Gasteiger partial charge in [-0.25, -0.2) is 4.99 Å². The van der Waals surface area contributed by atoms with Gasteiger partial charge in [-0.1, -0.05) is 12.1 Å². The van der Waals surface area contributed by atoms with Crippen molar-refractivity contribution in [1.82, 2.24) is 0 Å². The number of benzene rings is 1. The Kier molecular flexibility index (Phi) is 2.02. The Morgan fingerprint density at radius 3 is 2.53 bits per heavy atom. The highest BCUT2D eigenvalue weighted by Gasteiger charge is 2.49. The molecule has 0 aromatic heterocycles. The van der Waals surface area contributed by atoms with E-state index in [0.29, 0.717) is 11.8 Å². The second-order valence-electron chi connectivity index (χ2n) is 4.82. The van der Waals surface area contributed by atoms with E-state index in [2.05, 4.69) is 4.99 Å². The summed E-state index contributed by atoms with van der Waals surface area (Å²) in [5, 5.41) is 0. The molecule has 1 atom stereocenters. The molecule has 4 N–H and O–H groups in total. The van der Waals surface area contributed by atoms with Crippen LogP contribution in [0.15, 0.2) is 34.3 Å². The van der Waals surface area contributed by atoms with Gasteiger partial charge in [0.25, 0.3) is 0 Å². The highest BCUT2D eigenvalue weighted by atomic mass is 15.2. The maximum Gasteiger partial charge on any atom is 0.181 e. The molecule has 17 heavy (non-hydrogen) atoms. The molecule has 1 aromatic carbocycles. The second kappa shape index (κ2) is 3.32. The van der Waals surface area contributed by atoms with E-state index in [9.17, 15) is 0 Å². The zero-order chi connectivity index (χ0) is 12.0. The maximum absolute atomic E-state index is 5.88. The van der Waals surface area contributed by atoms with Crippen LogP contribution < -0.4 is 11.5 Å². The van der Waals surface area contributed by atoms with Crippen LogP contribution in [0.5, 0.6) is 0 Å². The first-order valence-corrected chi connectivity index (χ1v) is 5.90. The van der Waals surface area contributed by atoms with Gasteiger partial charge in [0.15, 0.2) is 5.66 Å². The number of nitrogens with two attached hydrogens (primary N) is 2. The summed E-state index contributed by atoms with van der Waals surface area (Å²) in [6.07, 6.45) is 2.31. The normalized spacial score (nSPS) is 27.8. The van der Waals surface area contributed by atoms with Gasteiger partial charge in [-0.2, -0.15) is 0 Å². The third-order valence-corrected chi connectivity index (χ3v) is 3.46. The lowest BCUT2D eigenvalue weighted by Gasteiger charge is -2.23. The summed E-state index contributed by atoms with van der Waals surface area (Å²) in [5.41, 5.74) is 13.9. The molecule has 88 valence electrons. The highest BCUT2D eigenvalue weighted by molar-refractivity contribution is 6.41. The van der Waals surface area contributed by atoms with Crippen LogP contribution in [0.25, 0.3) is 0 Å². The van der Waals surface area contributed by atoms with Crippen molar-refractivity contribution in [2.75, 3.05) is 5.73 Å². The van der Waals surface area contributed by atoms with Crippen LogP contribution in [0.4, 0.5) is 5.69 Å². The number of hydrogen-bond donors (Lipinski definition) is 2. The van der Waals surface area contributed by atoms with Crippen molar-refractivity contribution in [2.45, 2.75) is 25.4 Å². The minimum absolute atomic E-state index is 0.472. The lowest BCUT2D eigenvalue weighted by Crippen LogP contribution is -2.23. The fourth-order valence-electron chi connectivity index (χ4n) is 2.40. The van der Waals surface area contributed by atoms with Crippen molar-refractivity contribution >= 4 is 17.2 Å². The molecule has 1 fully saturated rings. The SMILES string of the molecule is CC1=N[C@](c2cccc(N)c2)(C2CC2)N=C1N. The van der Waals surface area contributed by atoms with Gasteiger partial charge in [0, 0.05) is 17.2 Å². The Morgan fingerprint density at radius 1 is 1.24 bits per heavy atom. The first kappa shape index (κ1) is 10.3. The molecule has 0 amide bonds. The molecule has 1 saturated carbocycles. The summed E-state index contributed by atoms with van der Waals surface area (Å²) in [5.74, 6) is 1.03. The number of hydrogen-bond acceptors (Lipinski definition) is 4. The largest absolute Gasteiger partial charge is 0.399 e. The van der Waals surface area contributed by atoms with Gasteiger partial charge >= 0.3 is 0 Å². The predicted molar refractivity (Wildman–Crippen MR) is 70.0 cm³/mol. The third-order valence-electron chi connectivity index (χ3n) is 3.46. The third kappa shape index (κ3) is 1.52. The van der Waals surface area contributed by atoms with E-state index >= 15 is 0 Å². The summed E-state index contributed by atoms with van der Waals surface area (Å²) in [6, 6.07) is 7.82. The van der Waals surface area contributed by atoms with Crippen molar-refractivity contribution in [3.05, 3.63) is 29.8 Å². The van der Waals surface area contributed by atoms with E-state index in [-0.39, 0.29) is 0 Å². The molecule has 1 aliphatic carbocycles. The lowest BCUT2D eigenvalue weighted by atomic mass is 9.95.